The van der Waals surface area contributed by atoms with Gasteiger partial charge in [-0.15, -0.1) is 0 Å². The number of hydrogen-bond acceptors (Lipinski definition) is 2. The number of rotatable bonds is 1. The van der Waals surface area contributed by atoms with Crippen LogP contribution in [-0.4, -0.2) is 47.9 Å². The number of carbonyl (C=O) groups excluding carboxylic acids is 2. The molecule has 126 valence electrons. The molecule has 1 aliphatic rings. The highest BCUT2D eigenvalue weighted by atomic mass is 19.1. The summed E-state index contributed by atoms with van der Waals surface area (Å²) < 4.78 is 13.2. The number of carbonyl (C=O) groups is 2. The summed E-state index contributed by atoms with van der Waals surface area (Å²) in [4.78, 5) is 28.0. The molecule has 0 spiro atoms. The molecule has 3 amide bonds. The van der Waals surface area contributed by atoms with Crippen LogP contribution in [0.1, 0.15) is 26.3 Å². The standard InChI is InChI=1S/C17H24FN3O2/c1-12-11-13(5-6-14(12)18)19-16(23)21-9-7-20(8-10-21)15(22)17(2,3)4/h5-6,11H,7-10H2,1-4H3,(H,19,23). The van der Waals surface area contributed by atoms with Crippen LogP contribution < -0.4 is 5.32 Å². The Balaban J connectivity index is 1.91. The number of nitrogens with zero attached hydrogens (tertiary/aromatic N) is 2. The number of benzene rings is 1. The lowest BCUT2D eigenvalue weighted by Gasteiger charge is -2.37. The van der Waals surface area contributed by atoms with Gasteiger partial charge in [0.25, 0.3) is 0 Å². The van der Waals surface area contributed by atoms with E-state index >= 15 is 0 Å². The van der Waals surface area contributed by atoms with Crippen LogP contribution in [0.15, 0.2) is 18.2 Å². The van der Waals surface area contributed by atoms with Crippen molar-refractivity contribution in [2.75, 3.05) is 31.5 Å². The van der Waals surface area contributed by atoms with Crippen molar-refractivity contribution in [3.63, 3.8) is 0 Å². The molecule has 1 aromatic rings. The Bertz CT molecular complexity index is 602. The molecule has 6 heteroatoms. The van der Waals surface area contributed by atoms with E-state index in [0.29, 0.717) is 37.4 Å². The Morgan fingerprint density at radius 2 is 1.65 bits per heavy atom. The van der Waals surface area contributed by atoms with Gasteiger partial charge in [-0.2, -0.15) is 0 Å². The summed E-state index contributed by atoms with van der Waals surface area (Å²) in [5.41, 5.74) is 0.654. The van der Waals surface area contributed by atoms with Crippen LogP contribution in [0.4, 0.5) is 14.9 Å². The summed E-state index contributed by atoms with van der Waals surface area (Å²) in [7, 11) is 0. The SMILES string of the molecule is Cc1cc(NC(=O)N2CCN(C(=O)C(C)(C)C)CC2)ccc1F. The number of piperazine rings is 1. The Kier molecular flexibility index (Phi) is 4.92. The molecule has 1 heterocycles. The van der Waals surface area contributed by atoms with Crippen molar-refractivity contribution >= 4 is 17.6 Å². The first kappa shape index (κ1) is 17.2. The van der Waals surface area contributed by atoms with E-state index in [-0.39, 0.29) is 17.8 Å². The monoisotopic (exact) mass is 321 g/mol. The lowest BCUT2D eigenvalue weighted by Crippen LogP contribution is -2.53. The largest absolute Gasteiger partial charge is 0.339 e. The van der Waals surface area contributed by atoms with Crippen LogP contribution in [0.25, 0.3) is 0 Å². The van der Waals surface area contributed by atoms with Crippen LogP contribution in [0, 0.1) is 18.2 Å². The molecule has 1 fully saturated rings. The fraction of sp³-hybridized carbons (Fsp3) is 0.529. The van der Waals surface area contributed by atoms with E-state index in [9.17, 15) is 14.0 Å². The maximum atomic E-state index is 13.2. The second kappa shape index (κ2) is 6.56. The molecule has 0 aromatic heterocycles. The minimum atomic E-state index is -0.407. The zero-order valence-electron chi connectivity index (χ0n) is 14.1. The minimum Gasteiger partial charge on any atom is -0.339 e. The Labute approximate surface area is 136 Å². The molecule has 5 nitrogen and oxygen atoms in total. The van der Waals surface area contributed by atoms with Crippen molar-refractivity contribution in [1.29, 1.82) is 0 Å². The lowest BCUT2D eigenvalue weighted by atomic mass is 9.94. The van der Waals surface area contributed by atoms with Crippen LogP contribution in [0.3, 0.4) is 0 Å². The van der Waals surface area contributed by atoms with Gasteiger partial charge in [-0.05, 0) is 30.7 Å². The van der Waals surface area contributed by atoms with Crippen molar-refractivity contribution in [2.45, 2.75) is 27.7 Å². The Morgan fingerprint density at radius 1 is 1.09 bits per heavy atom. The van der Waals surface area contributed by atoms with E-state index in [1.165, 1.54) is 6.07 Å². The van der Waals surface area contributed by atoms with Crippen LogP contribution in [-0.2, 0) is 4.79 Å². The highest BCUT2D eigenvalue weighted by Crippen LogP contribution is 2.19. The fourth-order valence-corrected chi connectivity index (χ4v) is 2.51. The van der Waals surface area contributed by atoms with Crippen LogP contribution in [0.2, 0.25) is 0 Å². The van der Waals surface area contributed by atoms with Gasteiger partial charge in [0.1, 0.15) is 5.82 Å². The third kappa shape index (κ3) is 4.21. The molecule has 2 rings (SSSR count). The summed E-state index contributed by atoms with van der Waals surface area (Å²) in [6, 6.07) is 4.26. The molecule has 1 N–H and O–H groups in total. The molecule has 1 saturated heterocycles. The second-order valence-electron chi connectivity index (χ2n) is 6.92. The fourth-order valence-electron chi connectivity index (χ4n) is 2.51. The van der Waals surface area contributed by atoms with Gasteiger partial charge in [0, 0.05) is 37.3 Å². The van der Waals surface area contributed by atoms with Gasteiger partial charge in [0.05, 0.1) is 0 Å². The van der Waals surface area contributed by atoms with Crippen molar-refractivity contribution in [3.8, 4) is 0 Å². The van der Waals surface area contributed by atoms with Gasteiger partial charge in [-0.25, -0.2) is 9.18 Å². The van der Waals surface area contributed by atoms with E-state index < -0.39 is 5.41 Å². The molecule has 0 atom stereocenters. The van der Waals surface area contributed by atoms with Gasteiger partial charge in [0.15, 0.2) is 0 Å². The average Bonchev–Trinajstić information content (AvgIpc) is 2.49. The number of nitrogens with one attached hydrogen (secondary N) is 1. The van der Waals surface area contributed by atoms with E-state index in [1.807, 2.05) is 20.8 Å². The number of anilines is 1. The molecule has 0 bridgehead atoms. The molecule has 0 radical (unpaired) electrons. The van der Waals surface area contributed by atoms with Gasteiger partial charge in [-0.1, -0.05) is 20.8 Å². The number of halogens is 1. The summed E-state index contributed by atoms with van der Waals surface area (Å²) in [5, 5.41) is 2.77. The number of amides is 3. The van der Waals surface area contributed by atoms with Gasteiger partial charge in [0.2, 0.25) is 5.91 Å². The van der Waals surface area contributed by atoms with Crippen LogP contribution in [0.5, 0.6) is 0 Å². The van der Waals surface area contributed by atoms with Crippen LogP contribution >= 0.6 is 0 Å². The summed E-state index contributed by atoms with van der Waals surface area (Å²) >= 11 is 0. The lowest BCUT2D eigenvalue weighted by molar-refractivity contribution is -0.140. The van der Waals surface area contributed by atoms with Gasteiger partial charge >= 0.3 is 6.03 Å². The normalized spacial score (nSPS) is 15.5. The quantitative estimate of drug-likeness (QED) is 0.865. The second-order valence-corrected chi connectivity index (χ2v) is 6.92. The van der Waals surface area contributed by atoms with E-state index in [4.69, 9.17) is 0 Å². The predicted molar refractivity (Wildman–Crippen MR) is 87.8 cm³/mol. The third-order valence-electron chi connectivity index (χ3n) is 3.90. The predicted octanol–water partition coefficient (Wildman–Crippen LogP) is 2.86. The molecule has 0 saturated carbocycles. The van der Waals surface area contributed by atoms with E-state index in [1.54, 1.807) is 28.9 Å². The summed E-state index contributed by atoms with van der Waals surface area (Å²) in [6.07, 6.45) is 0. The molecule has 0 aliphatic carbocycles. The average molecular weight is 321 g/mol. The maximum absolute atomic E-state index is 13.2. The Hall–Kier alpha value is -2.11. The number of aryl methyl sites for hydroxylation is 1. The Morgan fingerprint density at radius 3 is 2.17 bits per heavy atom. The smallest absolute Gasteiger partial charge is 0.321 e. The molecule has 0 unspecified atom stereocenters. The molecule has 23 heavy (non-hydrogen) atoms. The first-order valence-electron chi connectivity index (χ1n) is 7.80. The van der Waals surface area contributed by atoms with Gasteiger partial charge < -0.3 is 15.1 Å². The maximum Gasteiger partial charge on any atom is 0.321 e. The summed E-state index contributed by atoms with van der Waals surface area (Å²) in [6.45, 7) is 9.39. The molecular weight excluding hydrogens is 297 g/mol. The van der Waals surface area contributed by atoms with Crippen molar-refractivity contribution < 1.29 is 14.0 Å². The van der Waals surface area contributed by atoms with Gasteiger partial charge in [-0.3, -0.25) is 4.79 Å². The number of urea groups is 1. The molecule has 1 aliphatic heterocycles. The zero-order chi connectivity index (χ0) is 17.2. The van der Waals surface area contributed by atoms with Crippen molar-refractivity contribution in [3.05, 3.63) is 29.6 Å². The third-order valence-corrected chi connectivity index (χ3v) is 3.90. The highest BCUT2D eigenvalue weighted by molar-refractivity contribution is 5.89. The van der Waals surface area contributed by atoms with E-state index in [0.717, 1.165) is 0 Å². The first-order chi connectivity index (χ1) is 10.7. The highest BCUT2D eigenvalue weighted by Gasteiger charge is 2.30. The van der Waals surface area contributed by atoms with Crippen molar-refractivity contribution in [1.82, 2.24) is 9.80 Å². The topological polar surface area (TPSA) is 52.7 Å². The van der Waals surface area contributed by atoms with E-state index in [2.05, 4.69) is 5.32 Å². The molecule has 1 aromatic carbocycles. The minimum absolute atomic E-state index is 0.103. The first-order valence-corrected chi connectivity index (χ1v) is 7.80. The summed E-state index contributed by atoms with van der Waals surface area (Å²) in [5.74, 6) is -0.191. The number of hydrogen-bond donors (Lipinski definition) is 1. The van der Waals surface area contributed by atoms with Crippen molar-refractivity contribution in [2.24, 2.45) is 5.41 Å². The zero-order valence-corrected chi connectivity index (χ0v) is 14.1. The molecular formula is C17H24FN3O2.